The number of aryl methyl sites for hydroxylation is 2. The van der Waals surface area contributed by atoms with Crippen LogP contribution >= 0.6 is 0 Å². The summed E-state index contributed by atoms with van der Waals surface area (Å²) in [7, 11) is 7.50. The number of fused-ring (bicyclic) bond motifs is 2. The van der Waals surface area contributed by atoms with Crippen LogP contribution in [0.4, 0.5) is 0 Å². The SMILES string of the molecule is COc1cc2c(-c3cc4ccccc4n3C)cn(C)c2cc1OC. The molecular weight excluding hydrogens is 300 g/mol. The van der Waals surface area contributed by atoms with Crippen molar-refractivity contribution in [1.82, 2.24) is 9.13 Å². The van der Waals surface area contributed by atoms with Crippen molar-refractivity contribution in [3.63, 3.8) is 0 Å². The molecule has 0 spiro atoms. The molecule has 2 aromatic carbocycles. The summed E-state index contributed by atoms with van der Waals surface area (Å²) in [5, 5.41) is 2.40. The second kappa shape index (κ2) is 5.34. The predicted molar refractivity (Wildman–Crippen MR) is 97.9 cm³/mol. The molecule has 0 bridgehead atoms. The molecule has 0 saturated carbocycles. The van der Waals surface area contributed by atoms with Crippen molar-refractivity contribution in [2.24, 2.45) is 14.1 Å². The Morgan fingerprint density at radius 3 is 2.25 bits per heavy atom. The molecule has 0 fully saturated rings. The number of nitrogens with zero attached hydrogens (tertiary/aromatic N) is 2. The lowest BCUT2D eigenvalue weighted by atomic mass is 10.1. The predicted octanol–water partition coefficient (Wildman–Crippen LogP) is 4.35. The summed E-state index contributed by atoms with van der Waals surface area (Å²) >= 11 is 0. The fourth-order valence-electron chi connectivity index (χ4n) is 3.46. The van der Waals surface area contributed by atoms with Crippen molar-refractivity contribution >= 4 is 21.8 Å². The van der Waals surface area contributed by atoms with Gasteiger partial charge < -0.3 is 18.6 Å². The average molecular weight is 320 g/mol. The third kappa shape index (κ3) is 1.99. The van der Waals surface area contributed by atoms with Gasteiger partial charge in [-0.3, -0.25) is 0 Å². The molecule has 122 valence electrons. The first kappa shape index (κ1) is 14.7. The lowest BCUT2D eigenvalue weighted by Crippen LogP contribution is -1.92. The standard InChI is InChI=1S/C20H20N2O2/c1-21-12-15(14-10-19(23-3)20(24-4)11-17(14)21)18-9-13-7-5-6-8-16(13)22(18)2/h5-12H,1-4H3. The van der Waals surface area contributed by atoms with E-state index in [0.717, 1.165) is 22.4 Å². The first-order valence-corrected chi connectivity index (χ1v) is 7.90. The molecule has 0 aliphatic carbocycles. The minimum atomic E-state index is 0.745. The number of hydrogen-bond acceptors (Lipinski definition) is 2. The van der Waals surface area contributed by atoms with E-state index in [-0.39, 0.29) is 0 Å². The van der Waals surface area contributed by atoms with E-state index in [0.29, 0.717) is 0 Å². The Morgan fingerprint density at radius 1 is 0.833 bits per heavy atom. The molecule has 0 unspecified atom stereocenters. The van der Waals surface area contributed by atoms with Gasteiger partial charge in [-0.2, -0.15) is 0 Å². The molecule has 0 N–H and O–H groups in total. The van der Waals surface area contributed by atoms with Crippen LogP contribution in [0.1, 0.15) is 0 Å². The van der Waals surface area contributed by atoms with E-state index in [1.54, 1.807) is 14.2 Å². The fourth-order valence-corrected chi connectivity index (χ4v) is 3.46. The highest BCUT2D eigenvalue weighted by molar-refractivity contribution is 6.00. The number of aromatic nitrogens is 2. The zero-order valence-corrected chi connectivity index (χ0v) is 14.3. The van der Waals surface area contributed by atoms with Gasteiger partial charge in [0, 0.05) is 48.2 Å². The van der Waals surface area contributed by atoms with Gasteiger partial charge in [0.05, 0.1) is 25.4 Å². The Kier molecular flexibility index (Phi) is 3.27. The van der Waals surface area contributed by atoms with Gasteiger partial charge in [0.2, 0.25) is 0 Å². The normalized spacial score (nSPS) is 11.3. The smallest absolute Gasteiger partial charge is 0.162 e. The minimum absolute atomic E-state index is 0.745. The van der Waals surface area contributed by atoms with E-state index < -0.39 is 0 Å². The molecule has 2 heterocycles. The maximum Gasteiger partial charge on any atom is 0.162 e. The maximum atomic E-state index is 5.49. The topological polar surface area (TPSA) is 28.3 Å². The molecule has 0 amide bonds. The maximum absolute atomic E-state index is 5.49. The quantitative estimate of drug-likeness (QED) is 0.561. The molecule has 4 heteroatoms. The second-order valence-corrected chi connectivity index (χ2v) is 6.03. The van der Waals surface area contributed by atoms with Crippen molar-refractivity contribution in [2.45, 2.75) is 0 Å². The molecule has 0 atom stereocenters. The molecule has 0 saturated heterocycles. The highest BCUT2D eigenvalue weighted by Crippen LogP contribution is 2.39. The Bertz CT molecular complexity index is 1060. The molecule has 0 radical (unpaired) electrons. The number of rotatable bonds is 3. The third-order valence-corrected chi connectivity index (χ3v) is 4.72. The Hall–Kier alpha value is -2.88. The van der Waals surface area contributed by atoms with Crippen LogP contribution in [0.2, 0.25) is 0 Å². The largest absolute Gasteiger partial charge is 0.493 e. The van der Waals surface area contributed by atoms with Crippen LogP contribution < -0.4 is 9.47 Å². The number of para-hydroxylation sites is 1. The zero-order valence-electron chi connectivity index (χ0n) is 14.3. The van der Waals surface area contributed by atoms with Gasteiger partial charge in [-0.05, 0) is 18.2 Å². The molecule has 4 nitrogen and oxygen atoms in total. The highest BCUT2D eigenvalue weighted by Gasteiger charge is 2.16. The van der Waals surface area contributed by atoms with Gasteiger partial charge in [-0.1, -0.05) is 18.2 Å². The summed E-state index contributed by atoms with van der Waals surface area (Å²) in [4.78, 5) is 0. The summed E-state index contributed by atoms with van der Waals surface area (Å²) < 4.78 is 15.3. The first-order chi connectivity index (χ1) is 11.6. The highest BCUT2D eigenvalue weighted by atomic mass is 16.5. The molecular formula is C20H20N2O2. The summed E-state index contributed by atoms with van der Waals surface area (Å²) in [5.74, 6) is 1.49. The van der Waals surface area contributed by atoms with Gasteiger partial charge in [0.1, 0.15) is 0 Å². The van der Waals surface area contributed by atoms with Gasteiger partial charge in [0.15, 0.2) is 11.5 Å². The van der Waals surface area contributed by atoms with Crippen molar-refractivity contribution in [3.05, 3.63) is 48.7 Å². The van der Waals surface area contributed by atoms with Crippen LogP contribution in [0.15, 0.2) is 48.7 Å². The average Bonchev–Trinajstić information content (AvgIpc) is 3.11. The Labute approximate surface area is 140 Å². The monoisotopic (exact) mass is 320 g/mol. The van der Waals surface area contributed by atoms with Crippen LogP contribution in [-0.2, 0) is 14.1 Å². The van der Waals surface area contributed by atoms with E-state index in [1.165, 1.54) is 22.2 Å². The van der Waals surface area contributed by atoms with Crippen LogP contribution in [0.3, 0.4) is 0 Å². The van der Waals surface area contributed by atoms with Gasteiger partial charge in [-0.25, -0.2) is 0 Å². The van der Waals surface area contributed by atoms with E-state index in [2.05, 4.69) is 65.8 Å². The van der Waals surface area contributed by atoms with E-state index in [4.69, 9.17) is 9.47 Å². The van der Waals surface area contributed by atoms with Gasteiger partial charge in [-0.15, -0.1) is 0 Å². The van der Waals surface area contributed by atoms with Crippen LogP contribution in [0.25, 0.3) is 33.1 Å². The molecule has 4 rings (SSSR count). The lowest BCUT2D eigenvalue weighted by Gasteiger charge is -2.09. The summed E-state index contributed by atoms with van der Waals surface area (Å²) in [5.41, 5.74) is 4.72. The number of hydrogen-bond donors (Lipinski definition) is 0. The summed E-state index contributed by atoms with van der Waals surface area (Å²) in [6, 6.07) is 14.8. The van der Waals surface area contributed by atoms with Crippen LogP contribution in [-0.4, -0.2) is 23.4 Å². The lowest BCUT2D eigenvalue weighted by molar-refractivity contribution is 0.355. The number of ether oxygens (including phenoxy) is 2. The van der Waals surface area contributed by atoms with Crippen LogP contribution in [0.5, 0.6) is 11.5 Å². The van der Waals surface area contributed by atoms with Crippen molar-refractivity contribution in [3.8, 4) is 22.8 Å². The van der Waals surface area contributed by atoms with Crippen LogP contribution in [0, 0.1) is 0 Å². The molecule has 4 aromatic rings. The Morgan fingerprint density at radius 2 is 1.54 bits per heavy atom. The Balaban J connectivity index is 2.04. The second-order valence-electron chi connectivity index (χ2n) is 6.03. The molecule has 0 aliphatic rings. The van der Waals surface area contributed by atoms with Crippen molar-refractivity contribution < 1.29 is 9.47 Å². The van der Waals surface area contributed by atoms with E-state index >= 15 is 0 Å². The third-order valence-electron chi connectivity index (χ3n) is 4.72. The number of methoxy groups -OCH3 is 2. The minimum Gasteiger partial charge on any atom is -0.493 e. The molecule has 0 aliphatic heterocycles. The van der Waals surface area contributed by atoms with Gasteiger partial charge in [0.25, 0.3) is 0 Å². The van der Waals surface area contributed by atoms with Crippen molar-refractivity contribution in [2.75, 3.05) is 14.2 Å². The zero-order chi connectivity index (χ0) is 16.8. The fraction of sp³-hybridized carbons (Fsp3) is 0.200. The van der Waals surface area contributed by atoms with E-state index in [1.807, 2.05) is 6.07 Å². The van der Waals surface area contributed by atoms with Crippen molar-refractivity contribution in [1.29, 1.82) is 0 Å². The number of benzene rings is 2. The summed E-state index contributed by atoms with van der Waals surface area (Å²) in [6.45, 7) is 0. The first-order valence-electron chi connectivity index (χ1n) is 7.90. The van der Waals surface area contributed by atoms with Gasteiger partial charge >= 0.3 is 0 Å². The summed E-state index contributed by atoms with van der Waals surface area (Å²) in [6.07, 6.45) is 2.16. The van der Waals surface area contributed by atoms with E-state index in [9.17, 15) is 0 Å². The molecule has 24 heavy (non-hydrogen) atoms. The molecule has 2 aromatic heterocycles.